The zero-order valence-corrected chi connectivity index (χ0v) is 6.82. The summed E-state index contributed by atoms with van der Waals surface area (Å²) in [5.41, 5.74) is 0. The van der Waals surface area contributed by atoms with E-state index in [2.05, 4.69) is 0 Å². The van der Waals surface area contributed by atoms with E-state index in [1.54, 1.807) is 0 Å². The van der Waals surface area contributed by atoms with E-state index in [1.165, 1.54) is 13.2 Å². The standard InChI is InChI=1S/C8H11F3O/c1-12-7-4-2-6(3-5-7)8(9,10)11/h4,6H,2-3,5H2,1H3. The van der Waals surface area contributed by atoms with Gasteiger partial charge in [0.15, 0.2) is 0 Å². The minimum absolute atomic E-state index is 0.0622. The van der Waals surface area contributed by atoms with Gasteiger partial charge in [-0.05, 0) is 18.9 Å². The molecule has 1 rings (SSSR count). The van der Waals surface area contributed by atoms with Crippen LogP contribution in [0.25, 0.3) is 0 Å². The maximum Gasteiger partial charge on any atom is 0.392 e. The molecule has 0 spiro atoms. The van der Waals surface area contributed by atoms with E-state index in [-0.39, 0.29) is 12.8 Å². The third kappa shape index (κ3) is 2.16. The fourth-order valence-electron chi connectivity index (χ4n) is 1.29. The largest absolute Gasteiger partial charge is 0.501 e. The first-order chi connectivity index (χ1) is 5.54. The third-order valence-corrected chi connectivity index (χ3v) is 2.09. The Kier molecular flexibility index (Phi) is 2.65. The summed E-state index contributed by atoms with van der Waals surface area (Å²) in [4.78, 5) is 0. The molecule has 1 aliphatic rings. The molecule has 0 saturated carbocycles. The Hall–Kier alpha value is -0.670. The average Bonchev–Trinajstić information content (AvgIpc) is 2.03. The molecule has 0 aromatic rings. The minimum atomic E-state index is -4.05. The van der Waals surface area contributed by atoms with Crippen LogP contribution in [0.1, 0.15) is 19.3 Å². The van der Waals surface area contributed by atoms with Crippen molar-refractivity contribution in [3.05, 3.63) is 11.8 Å². The van der Waals surface area contributed by atoms with Crippen LogP contribution in [-0.4, -0.2) is 13.3 Å². The van der Waals surface area contributed by atoms with Crippen molar-refractivity contribution in [2.75, 3.05) is 7.11 Å². The number of alkyl halides is 3. The second-order valence-corrected chi connectivity index (χ2v) is 2.89. The van der Waals surface area contributed by atoms with E-state index in [0.717, 1.165) is 0 Å². The lowest BCUT2D eigenvalue weighted by Crippen LogP contribution is -2.24. The van der Waals surface area contributed by atoms with Crippen molar-refractivity contribution in [2.45, 2.75) is 25.4 Å². The highest BCUT2D eigenvalue weighted by atomic mass is 19.4. The van der Waals surface area contributed by atoms with Crippen LogP contribution in [0.3, 0.4) is 0 Å². The quantitative estimate of drug-likeness (QED) is 0.602. The van der Waals surface area contributed by atoms with Crippen molar-refractivity contribution >= 4 is 0 Å². The summed E-state index contributed by atoms with van der Waals surface area (Å²) in [6, 6.07) is 0. The van der Waals surface area contributed by atoms with Crippen LogP contribution in [0, 0.1) is 5.92 Å². The van der Waals surface area contributed by atoms with E-state index < -0.39 is 12.1 Å². The molecule has 70 valence electrons. The van der Waals surface area contributed by atoms with Gasteiger partial charge in [-0.1, -0.05) is 0 Å². The molecule has 0 radical (unpaired) electrons. The van der Waals surface area contributed by atoms with Crippen molar-refractivity contribution in [1.29, 1.82) is 0 Å². The normalized spacial score (nSPS) is 25.0. The maximum atomic E-state index is 12.1. The Bertz CT molecular complexity index is 183. The number of hydrogen-bond acceptors (Lipinski definition) is 1. The number of hydrogen-bond donors (Lipinski definition) is 0. The minimum Gasteiger partial charge on any atom is -0.501 e. The highest BCUT2D eigenvalue weighted by molar-refractivity contribution is 5.00. The Labute approximate surface area is 69.2 Å². The van der Waals surface area contributed by atoms with Crippen LogP contribution < -0.4 is 0 Å². The lowest BCUT2D eigenvalue weighted by atomic mass is 9.93. The number of halogens is 3. The molecule has 0 aliphatic heterocycles. The summed E-state index contributed by atoms with van der Waals surface area (Å²) in [5.74, 6) is -0.494. The molecule has 0 heterocycles. The van der Waals surface area contributed by atoms with Crippen molar-refractivity contribution in [3.63, 3.8) is 0 Å². The topological polar surface area (TPSA) is 9.23 Å². The molecule has 0 N–H and O–H groups in total. The molecule has 4 heteroatoms. The van der Waals surface area contributed by atoms with Crippen LogP contribution in [-0.2, 0) is 4.74 Å². The molecule has 1 nitrogen and oxygen atoms in total. The average molecular weight is 180 g/mol. The van der Waals surface area contributed by atoms with E-state index in [4.69, 9.17) is 4.74 Å². The number of methoxy groups -OCH3 is 1. The first-order valence-electron chi connectivity index (χ1n) is 3.83. The molecule has 0 bridgehead atoms. The third-order valence-electron chi connectivity index (χ3n) is 2.09. The van der Waals surface area contributed by atoms with E-state index >= 15 is 0 Å². The van der Waals surface area contributed by atoms with E-state index in [1.807, 2.05) is 0 Å². The van der Waals surface area contributed by atoms with Crippen molar-refractivity contribution in [1.82, 2.24) is 0 Å². The highest BCUT2D eigenvalue weighted by Crippen LogP contribution is 2.36. The van der Waals surface area contributed by atoms with Crippen molar-refractivity contribution < 1.29 is 17.9 Å². The SMILES string of the molecule is COC1=CCC(C(F)(F)F)CC1. The van der Waals surface area contributed by atoms with Crippen LogP contribution in [0.2, 0.25) is 0 Å². The summed E-state index contributed by atoms with van der Waals surface area (Å²) < 4.78 is 41.2. The van der Waals surface area contributed by atoms with Gasteiger partial charge in [-0.2, -0.15) is 13.2 Å². The van der Waals surface area contributed by atoms with Gasteiger partial charge in [-0.3, -0.25) is 0 Å². The molecule has 1 unspecified atom stereocenters. The zero-order valence-electron chi connectivity index (χ0n) is 6.82. The number of rotatable bonds is 1. The molecule has 0 aromatic carbocycles. The summed E-state index contributed by atoms with van der Waals surface area (Å²) in [7, 11) is 1.49. The Morgan fingerprint density at radius 1 is 1.50 bits per heavy atom. The van der Waals surface area contributed by atoms with Gasteiger partial charge in [0.25, 0.3) is 0 Å². The monoisotopic (exact) mass is 180 g/mol. The zero-order chi connectivity index (χ0) is 9.19. The van der Waals surface area contributed by atoms with E-state index in [0.29, 0.717) is 12.2 Å². The lowest BCUT2D eigenvalue weighted by molar-refractivity contribution is -0.176. The van der Waals surface area contributed by atoms with Gasteiger partial charge in [0.05, 0.1) is 18.8 Å². The summed E-state index contributed by atoms with van der Waals surface area (Å²) in [6.45, 7) is 0. The molecule has 12 heavy (non-hydrogen) atoms. The Morgan fingerprint density at radius 2 is 2.17 bits per heavy atom. The maximum absolute atomic E-state index is 12.1. The molecule has 1 atom stereocenters. The van der Waals surface area contributed by atoms with Crippen LogP contribution in [0.4, 0.5) is 13.2 Å². The van der Waals surface area contributed by atoms with Crippen LogP contribution in [0.5, 0.6) is 0 Å². The molecule has 0 aromatic heterocycles. The Morgan fingerprint density at radius 3 is 2.50 bits per heavy atom. The highest BCUT2D eigenvalue weighted by Gasteiger charge is 2.39. The second-order valence-electron chi connectivity index (χ2n) is 2.89. The number of ether oxygens (including phenoxy) is 1. The van der Waals surface area contributed by atoms with Gasteiger partial charge in [-0.25, -0.2) is 0 Å². The van der Waals surface area contributed by atoms with Gasteiger partial charge in [0, 0.05) is 6.42 Å². The summed E-state index contributed by atoms with van der Waals surface area (Å²) >= 11 is 0. The van der Waals surface area contributed by atoms with Crippen molar-refractivity contribution in [3.8, 4) is 0 Å². The molecular weight excluding hydrogens is 169 g/mol. The van der Waals surface area contributed by atoms with Crippen LogP contribution in [0.15, 0.2) is 11.8 Å². The first-order valence-corrected chi connectivity index (χ1v) is 3.83. The molecule has 1 aliphatic carbocycles. The smallest absolute Gasteiger partial charge is 0.392 e. The van der Waals surface area contributed by atoms with Gasteiger partial charge in [0.1, 0.15) is 0 Å². The fraction of sp³-hybridized carbons (Fsp3) is 0.750. The van der Waals surface area contributed by atoms with Gasteiger partial charge < -0.3 is 4.74 Å². The van der Waals surface area contributed by atoms with Crippen molar-refractivity contribution in [2.24, 2.45) is 5.92 Å². The van der Waals surface area contributed by atoms with Crippen LogP contribution >= 0.6 is 0 Å². The lowest BCUT2D eigenvalue weighted by Gasteiger charge is -2.23. The number of allylic oxidation sites excluding steroid dienone is 2. The fourth-order valence-corrected chi connectivity index (χ4v) is 1.29. The van der Waals surface area contributed by atoms with E-state index in [9.17, 15) is 13.2 Å². The molecule has 0 saturated heterocycles. The van der Waals surface area contributed by atoms with Gasteiger partial charge in [-0.15, -0.1) is 0 Å². The Balaban J connectivity index is 2.52. The predicted molar refractivity (Wildman–Crippen MR) is 38.5 cm³/mol. The van der Waals surface area contributed by atoms with Gasteiger partial charge >= 0.3 is 6.18 Å². The predicted octanol–water partition coefficient (Wildman–Crippen LogP) is 2.88. The molecule has 0 amide bonds. The molecule has 0 fully saturated rings. The molecular formula is C8H11F3O. The first kappa shape index (κ1) is 9.42. The van der Waals surface area contributed by atoms with Gasteiger partial charge in [0.2, 0.25) is 0 Å². The summed E-state index contributed by atoms with van der Waals surface area (Å²) in [5, 5.41) is 0. The second kappa shape index (κ2) is 3.37. The summed E-state index contributed by atoms with van der Waals surface area (Å²) in [6.07, 6.45) is -1.89.